The number of methoxy groups -OCH3 is 1. The molecule has 0 radical (unpaired) electrons. The van der Waals surface area contributed by atoms with E-state index in [1.54, 1.807) is 55.7 Å². The van der Waals surface area contributed by atoms with Crippen LogP contribution in [0.15, 0.2) is 84.6 Å². The summed E-state index contributed by atoms with van der Waals surface area (Å²) in [5.41, 5.74) is 2.67. The minimum atomic E-state index is -0.511. The van der Waals surface area contributed by atoms with Crippen molar-refractivity contribution < 1.29 is 13.9 Å². The Morgan fingerprint density at radius 1 is 1.09 bits per heavy atom. The number of amides is 1. The Morgan fingerprint density at radius 3 is 2.53 bits per heavy atom. The number of fused-ring (bicyclic) bond motifs is 1. The molecule has 4 rings (SSSR count). The SMILES string of the molecule is COc1ccc(NC(=O)/C(C#N)=C\c2cn(Cc3ccccc3F)c3ccccc23)cc1. The monoisotopic (exact) mass is 425 g/mol. The Hall–Kier alpha value is -4.37. The molecule has 0 unspecified atom stereocenters. The number of hydrogen-bond donors (Lipinski definition) is 1. The Kier molecular flexibility index (Phi) is 6.00. The third kappa shape index (κ3) is 4.37. The summed E-state index contributed by atoms with van der Waals surface area (Å²) in [5.74, 6) is -0.121. The fourth-order valence-electron chi connectivity index (χ4n) is 3.51. The molecule has 6 heteroatoms. The van der Waals surface area contributed by atoms with E-state index in [4.69, 9.17) is 4.74 Å². The first-order valence-corrected chi connectivity index (χ1v) is 9.97. The smallest absolute Gasteiger partial charge is 0.266 e. The Labute approximate surface area is 185 Å². The third-order valence-electron chi connectivity index (χ3n) is 5.13. The summed E-state index contributed by atoms with van der Waals surface area (Å²) < 4.78 is 21.2. The second kappa shape index (κ2) is 9.19. The highest BCUT2D eigenvalue weighted by atomic mass is 19.1. The summed E-state index contributed by atoms with van der Waals surface area (Å²) in [4.78, 5) is 12.7. The Balaban J connectivity index is 1.66. The molecule has 0 atom stereocenters. The molecule has 158 valence electrons. The maximum Gasteiger partial charge on any atom is 0.266 e. The molecule has 3 aromatic carbocycles. The van der Waals surface area contributed by atoms with E-state index in [1.165, 1.54) is 6.07 Å². The van der Waals surface area contributed by atoms with E-state index in [9.17, 15) is 14.4 Å². The van der Waals surface area contributed by atoms with Gasteiger partial charge in [0.15, 0.2) is 0 Å². The van der Waals surface area contributed by atoms with Crippen molar-refractivity contribution in [1.29, 1.82) is 5.26 Å². The van der Waals surface area contributed by atoms with E-state index in [1.807, 2.05) is 41.1 Å². The first-order valence-electron chi connectivity index (χ1n) is 9.97. The van der Waals surface area contributed by atoms with E-state index in [0.717, 1.165) is 10.9 Å². The quantitative estimate of drug-likeness (QED) is 0.333. The molecule has 1 N–H and O–H groups in total. The molecule has 32 heavy (non-hydrogen) atoms. The van der Waals surface area contributed by atoms with Gasteiger partial charge in [-0.25, -0.2) is 4.39 Å². The fraction of sp³-hybridized carbons (Fsp3) is 0.0769. The normalized spacial score (nSPS) is 11.2. The molecule has 0 fully saturated rings. The predicted molar refractivity (Wildman–Crippen MR) is 123 cm³/mol. The van der Waals surface area contributed by atoms with Gasteiger partial charge in [0, 0.05) is 33.9 Å². The average Bonchev–Trinajstić information content (AvgIpc) is 3.16. The summed E-state index contributed by atoms with van der Waals surface area (Å²) in [6, 6.07) is 23.1. The third-order valence-corrected chi connectivity index (χ3v) is 5.13. The largest absolute Gasteiger partial charge is 0.497 e. The molecular formula is C26H20FN3O2. The molecule has 4 aromatic rings. The van der Waals surface area contributed by atoms with Crippen LogP contribution in [0.3, 0.4) is 0 Å². The summed E-state index contributed by atoms with van der Waals surface area (Å²) in [6.07, 6.45) is 3.38. The van der Waals surface area contributed by atoms with Gasteiger partial charge in [0.1, 0.15) is 23.2 Å². The maximum absolute atomic E-state index is 14.2. The summed E-state index contributed by atoms with van der Waals surface area (Å²) in [7, 11) is 1.56. The number of nitrogens with zero attached hydrogens (tertiary/aromatic N) is 2. The zero-order valence-electron chi connectivity index (χ0n) is 17.4. The number of hydrogen-bond acceptors (Lipinski definition) is 3. The molecule has 1 amide bonds. The molecule has 0 bridgehead atoms. The van der Waals surface area contributed by atoms with Gasteiger partial charge in [0.25, 0.3) is 5.91 Å². The number of anilines is 1. The zero-order chi connectivity index (χ0) is 22.5. The van der Waals surface area contributed by atoms with Crippen LogP contribution in [0.25, 0.3) is 17.0 Å². The number of para-hydroxylation sites is 1. The van der Waals surface area contributed by atoms with Crippen LogP contribution in [-0.2, 0) is 11.3 Å². The van der Waals surface area contributed by atoms with E-state index in [0.29, 0.717) is 29.1 Å². The van der Waals surface area contributed by atoms with Crippen molar-refractivity contribution in [3.8, 4) is 11.8 Å². The van der Waals surface area contributed by atoms with Crippen molar-refractivity contribution in [2.75, 3.05) is 12.4 Å². The lowest BCUT2D eigenvalue weighted by molar-refractivity contribution is -0.112. The van der Waals surface area contributed by atoms with Crippen LogP contribution in [0.2, 0.25) is 0 Å². The van der Waals surface area contributed by atoms with Gasteiger partial charge in [-0.2, -0.15) is 5.26 Å². The van der Waals surface area contributed by atoms with Crippen molar-refractivity contribution in [3.05, 3.63) is 102 Å². The molecule has 0 aliphatic rings. The minimum Gasteiger partial charge on any atom is -0.497 e. The van der Waals surface area contributed by atoms with Gasteiger partial charge in [-0.1, -0.05) is 36.4 Å². The van der Waals surface area contributed by atoms with Crippen LogP contribution in [0.1, 0.15) is 11.1 Å². The number of ether oxygens (including phenoxy) is 1. The van der Waals surface area contributed by atoms with Crippen LogP contribution < -0.4 is 10.1 Å². The molecule has 0 saturated heterocycles. The van der Waals surface area contributed by atoms with E-state index >= 15 is 0 Å². The molecule has 0 aliphatic heterocycles. The number of nitriles is 1. The highest BCUT2D eigenvalue weighted by molar-refractivity contribution is 6.10. The molecule has 1 heterocycles. The standard InChI is InChI=1S/C26H20FN3O2/c1-32-22-12-10-21(11-13-22)29-26(31)19(15-28)14-20-17-30(25-9-5-3-7-23(20)25)16-18-6-2-4-8-24(18)27/h2-14,17H,16H2,1H3,(H,29,31)/b19-14-. The van der Waals surface area contributed by atoms with Crippen molar-refractivity contribution in [3.63, 3.8) is 0 Å². The number of aromatic nitrogens is 1. The average molecular weight is 425 g/mol. The number of benzene rings is 3. The summed E-state index contributed by atoms with van der Waals surface area (Å²) in [6.45, 7) is 0.334. The number of carbonyl (C=O) groups excluding carboxylic acids is 1. The number of nitrogens with one attached hydrogen (secondary N) is 1. The highest BCUT2D eigenvalue weighted by Gasteiger charge is 2.14. The van der Waals surface area contributed by atoms with Gasteiger partial charge in [0.2, 0.25) is 0 Å². The highest BCUT2D eigenvalue weighted by Crippen LogP contribution is 2.25. The van der Waals surface area contributed by atoms with Crippen LogP contribution in [-0.4, -0.2) is 17.6 Å². The van der Waals surface area contributed by atoms with Crippen molar-refractivity contribution >= 4 is 28.6 Å². The van der Waals surface area contributed by atoms with E-state index in [2.05, 4.69) is 5.32 Å². The first-order chi connectivity index (χ1) is 15.6. The molecular weight excluding hydrogens is 405 g/mol. The molecule has 5 nitrogen and oxygen atoms in total. The van der Waals surface area contributed by atoms with Gasteiger partial charge in [-0.15, -0.1) is 0 Å². The van der Waals surface area contributed by atoms with Gasteiger partial charge < -0.3 is 14.6 Å². The van der Waals surface area contributed by atoms with E-state index in [-0.39, 0.29) is 11.4 Å². The molecule has 0 spiro atoms. The van der Waals surface area contributed by atoms with Crippen molar-refractivity contribution in [2.24, 2.45) is 0 Å². The Morgan fingerprint density at radius 2 is 1.81 bits per heavy atom. The number of halogens is 1. The van der Waals surface area contributed by atoms with Gasteiger partial charge >= 0.3 is 0 Å². The maximum atomic E-state index is 14.2. The minimum absolute atomic E-state index is 0.0328. The summed E-state index contributed by atoms with van der Waals surface area (Å²) >= 11 is 0. The van der Waals surface area contributed by atoms with Gasteiger partial charge in [0.05, 0.1) is 13.7 Å². The van der Waals surface area contributed by atoms with Gasteiger partial charge in [-0.3, -0.25) is 4.79 Å². The molecule has 0 saturated carbocycles. The van der Waals surface area contributed by atoms with Crippen LogP contribution in [0.5, 0.6) is 5.75 Å². The first kappa shape index (κ1) is 20.9. The topological polar surface area (TPSA) is 67.0 Å². The fourth-order valence-corrected chi connectivity index (χ4v) is 3.51. The van der Waals surface area contributed by atoms with E-state index < -0.39 is 5.91 Å². The van der Waals surface area contributed by atoms with Crippen molar-refractivity contribution in [2.45, 2.75) is 6.54 Å². The lowest BCUT2D eigenvalue weighted by atomic mass is 10.1. The number of carbonyl (C=O) groups is 1. The van der Waals surface area contributed by atoms with Crippen LogP contribution >= 0.6 is 0 Å². The van der Waals surface area contributed by atoms with Crippen LogP contribution in [0.4, 0.5) is 10.1 Å². The Bertz CT molecular complexity index is 1350. The molecule has 1 aromatic heterocycles. The zero-order valence-corrected chi connectivity index (χ0v) is 17.4. The van der Waals surface area contributed by atoms with Gasteiger partial charge in [-0.05, 0) is 42.5 Å². The second-order valence-electron chi connectivity index (χ2n) is 7.17. The summed E-state index contributed by atoms with van der Waals surface area (Å²) in [5, 5.41) is 13.2. The number of rotatable bonds is 6. The lowest BCUT2D eigenvalue weighted by Crippen LogP contribution is -2.13. The van der Waals surface area contributed by atoms with Crippen LogP contribution in [0, 0.1) is 17.1 Å². The predicted octanol–water partition coefficient (Wildman–Crippen LogP) is 5.38. The lowest BCUT2D eigenvalue weighted by Gasteiger charge is -2.06. The van der Waals surface area contributed by atoms with Crippen molar-refractivity contribution in [1.82, 2.24) is 4.57 Å². The second-order valence-corrected chi connectivity index (χ2v) is 7.17. The molecule has 0 aliphatic carbocycles.